The summed E-state index contributed by atoms with van der Waals surface area (Å²) in [6, 6.07) is 16.1. The predicted octanol–water partition coefficient (Wildman–Crippen LogP) is 2.83. The molecule has 20 heavy (non-hydrogen) atoms. The highest BCUT2D eigenvalue weighted by atomic mass is 16.5. The van der Waals surface area contributed by atoms with E-state index in [4.69, 9.17) is 4.74 Å². The zero-order chi connectivity index (χ0) is 14.4. The van der Waals surface area contributed by atoms with Crippen LogP contribution in [0.15, 0.2) is 48.5 Å². The van der Waals surface area contributed by atoms with Crippen molar-refractivity contribution in [3.63, 3.8) is 0 Å². The lowest BCUT2D eigenvalue weighted by molar-refractivity contribution is 0.243. The fourth-order valence-corrected chi connectivity index (χ4v) is 2.09. The van der Waals surface area contributed by atoms with Crippen molar-refractivity contribution >= 4 is 0 Å². The fraction of sp³-hybridized carbons (Fsp3) is 0.294. The molecule has 3 nitrogen and oxygen atoms in total. The Morgan fingerprint density at radius 2 is 1.90 bits per heavy atom. The molecule has 0 aromatic heterocycles. The van der Waals surface area contributed by atoms with Gasteiger partial charge in [-0.1, -0.05) is 42.0 Å². The minimum atomic E-state index is -0.0913. The molecule has 1 atom stereocenters. The normalized spacial score (nSPS) is 12.2. The minimum Gasteiger partial charge on any atom is -0.497 e. The van der Waals surface area contributed by atoms with E-state index < -0.39 is 0 Å². The number of aliphatic hydroxyl groups excluding tert-OH is 1. The number of methoxy groups -OCH3 is 1. The van der Waals surface area contributed by atoms with Gasteiger partial charge in [0.1, 0.15) is 5.75 Å². The Kier molecular flexibility index (Phi) is 5.16. The zero-order valence-corrected chi connectivity index (χ0v) is 12.0. The second-order valence-corrected chi connectivity index (χ2v) is 4.88. The molecule has 2 aromatic rings. The quantitative estimate of drug-likeness (QED) is 0.849. The van der Waals surface area contributed by atoms with E-state index in [0.717, 1.165) is 17.9 Å². The smallest absolute Gasteiger partial charge is 0.119 e. The fourth-order valence-electron chi connectivity index (χ4n) is 2.09. The third-order valence-electron chi connectivity index (χ3n) is 3.35. The number of aryl methyl sites for hydroxylation is 1. The summed E-state index contributed by atoms with van der Waals surface area (Å²) >= 11 is 0. The molecule has 0 spiro atoms. The second-order valence-electron chi connectivity index (χ2n) is 4.88. The molecule has 0 bridgehead atoms. The average molecular weight is 271 g/mol. The molecule has 0 saturated heterocycles. The number of nitrogens with one attached hydrogen (secondary N) is 1. The van der Waals surface area contributed by atoms with E-state index in [0.29, 0.717) is 0 Å². The number of aliphatic hydroxyl groups is 1. The number of benzene rings is 2. The number of hydrogen-bond donors (Lipinski definition) is 2. The molecule has 0 amide bonds. The van der Waals surface area contributed by atoms with Crippen LogP contribution < -0.4 is 10.1 Å². The Hall–Kier alpha value is -1.84. The van der Waals surface area contributed by atoms with Gasteiger partial charge in [-0.3, -0.25) is 0 Å². The number of ether oxygens (including phenoxy) is 1. The van der Waals surface area contributed by atoms with Crippen LogP contribution in [-0.4, -0.2) is 18.8 Å². The van der Waals surface area contributed by atoms with Gasteiger partial charge in [0.05, 0.1) is 19.8 Å². The summed E-state index contributed by atoms with van der Waals surface area (Å²) in [5, 5.41) is 12.9. The number of hydrogen-bond acceptors (Lipinski definition) is 3. The van der Waals surface area contributed by atoms with Gasteiger partial charge in [-0.15, -0.1) is 0 Å². The molecule has 0 aliphatic carbocycles. The summed E-state index contributed by atoms with van der Waals surface area (Å²) < 4.78 is 5.22. The SMILES string of the molecule is COc1cccc(C(CO)NCc2ccc(C)cc2)c1. The van der Waals surface area contributed by atoms with Crippen LogP contribution in [-0.2, 0) is 6.54 Å². The summed E-state index contributed by atoms with van der Waals surface area (Å²) in [7, 11) is 1.65. The van der Waals surface area contributed by atoms with Crippen LogP contribution in [0.3, 0.4) is 0 Å². The van der Waals surface area contributed by atoms with Gasteiger partial charge < -0.3 is 15.2 Å². The summed E-state index contributed by atoms with van der Waals surface area (Å²) in [6.45, 7) is 2.85. The van der Waals surface area contributed by atoms with Crippen LogP contribution in [0, 0.1) is 6.92 Å². The van der Waals surface area contributed by atoms with Gasteiger partial charge in [-0.2, -0.15) is 0 Å². The summed E-state index contributed by atoms with van der Waals surface area (Å²) in [5.41, 5.74) is 3.48. The van der Waals surface area contributed by atoms with Crippen LogP contribution >= 0.6 is 0 Å². The first-order valence-electron chi connectivity index (χ1n) is 6.76. The highest BCUT2D eigenvalue weighted by Gasteiger charge is 2.10. The molecule has 106 valence electrons. The van der Waals surface area contributed by atoms with Crippen molar-refractivity contribution in [2.45, 2.75) is 19.5 Å². The van der Waals surface area contributed by atoms with E-state index in [1.807, 2.05) is 24.3 Å². The maximum Gasteiger partial charge on any atom is 0.119 e. The maximum atomic E-state index is 9.56. The molecular weight excluding hydrogens is 250 g/mol. The van der Waals surface area contributed by atoms with E-state index in [9.17, 15) is 5.11 Å². The first-order chi connectivity index (χ1) is 9.72. The second kappa shape index (κ2) is 7.08. The van der Waals surface area contributed by atoms with Gasteiger partial charge in [-0.25, -0.2) is 0 Å². The van der Waals surface area contributed by atoms with E-state index in [1.54, 1.807) is 7.11 Å². The van der Waals surface area contributed by atoms with Crippen molar-refractivity contribution in [2.24, 2.45) is 0 Å². The summed E-state index contributed by atoms with van der Waals surface area (Å²) in [5.74, 6) is 0.804. The molecule has 2 rings (SSSR count). The standard InChI is InChI=1S/C17H21NO2/c1-13-6-8-14(9-7-13)11-18-17(12-19)15-4-3-5-16(10-15)20-2/h3-10,17-19H,11-12H2,1-2H3. The van der Waals surface area contributed by atoms with Crippen LogP contribution in [0.25, 0.3) is 0 Å². The number of rotatable bonds is 6. The molecule has 0 saturated carbocycles. The first-order valence-corrected chi connectivity index (χ1v) is 6.76. The Morgan fingerprint density at radius 1 is 1.15 bits per heavy atom. The minimum absolute atomic E-state index is 0.0546. The third-order valence-corrected chi connectivity index (χ3v) is 3.35. The van der Waals surface area contributed by atoms with E-state index >= 15 is 0 Å². The molecule has 0 fully saturated rings. The molecular formula is C17H21NO2. The van der Waals surface area contributed by atoms with Gasteiger partial charge in [-0.05, 0) is 30.2 Å². The lowest BCUT2D eigenvalue weighted by Crippen LogP contribution is -2.24. The van der Waals surface area contributed by atoms with Crippen molar-refractivity contribution in [1.82, 2.24) is 5.32 Å². The molecule has 0 aliphatic heterocycles. The van der Waals surface area contributed by atoms with Crippen LogP contribution in [0.5, 0.6) is 5.75 Å². The molecule has 2 aromatic carbocycles. The Morgan fingerprint density at radius 3 is 2.55 bits per heavy atom. The van der Waals surface area contributed by atoms with Gasteiger partial charge in [0.15, 0.2) is 0 Å². The van der Waals surface area contributed by atoms with Gasteiger partial charge in [0, 0.05) is 6.54 Å². The molecule has 2 N–H and O–H groups in total. The molecule has 3 heteroatoms. The van der Waals surface area contributed by atoms with E-state index in [2.05, 4.69) is 36.5 Å². The predicted molar refractivity (Wildman–Crippen MR) is 80.8 cm³/mol. The molecule has 0 heterocycles. The first kappa shape index (κ1) is 14.6. The molecule has 0 aliphatic rings. The van der Waals surface area contributed by atoms with Crippen molar-refractivity contribution in [3.8, 4) is 5.75 Å². The van der Waals surface area contributed by atoms with Crippen LogP contribution in [0.2, 0.25) is 0 Å². The lowest BCUT2D eigenvalue weighted by Gasteiger charge is -2.17. The highest BCUT2D eigenvalue weighted by Crippen LogP contribution is 2.19. The van der Waals surface area contributed by atoms with Gasteiger partial charge >= 0.3 is 0 Å². The van der Waals surface area contributed by atoms with Crippen molar-refractivity contribution < 1.29 is 9.84 Å². The van der Waals surface area contributed by atoms with Crippen LogP contribution in [0.1, 0.15) is 22.7 Å². The topological polar surface area (TPSA) is 41.5 Å². The summed E-state index contributed by atoms with van der Waals surface area (Å²) in [6.07, 6.45) is 0. The molecule has 1 unspecified atom stereocenters. The Bertz CT molecular complexity index is 537. The van der Waals surface area contributed by atoms with Crippen molar-refractivity contribution in [2.75, 3.05) is 13.7 Å². The Labute approximate surface area is 120 Å². The summed E-state index contributed by atoms with van der Waals surface area (Å²) in [4.78, 5) is 0. The monoisotopic (exact) mass is 271 g/mol. The zero-order valence-electron chi connectivity index (χ0n) is 12.0. The molecule has 0 radical (unpaired) electrons. The largest absolute Gasteiger partial charge is 0.497 e. The highest BCUT2D eigenvalue weighted by molar-refractivity contribution is 5.31. The van der Waals surface area contributed by atoms with Crippen LogP contribution in [0.4, 0.5) is 0 Å². The van der Waals surface area contributed by atoms with E-state index in [1.165, 1.54) is 11.1 Å². The third kappa shape index (κ3) is 3.83. The average Bonchev–Trinajstić information content (AvgIpc) is 2.50. The van der Waals surface area contributed by atoms with E-state index in [-0.39, 0.29) is 12.6 Å². The van der Waals surface area contributed by atoms with Crippen molar-refractivity contribution in [1.29, 1.82) is 0 Å². The van der Waals surface area contributed by atoms with Gasteiger partial charge in [0.2, 0.25) is 0 Å². The Balaban J connectivity index is 2.03. The lowest BCUT2D eigenvalue weighted by atomic mass is 10.1. The van der Waals surface area contributed by atoms with Crippen molar-refractivity contribution in [3.05, 3.63) is 65.2 Å². The maximum absolute atomic E-state index is 9.56. The van der Waals surface area contributed by atoms with Gasteiger partial charge in [0.25, 0.3) is 0 Å².